The Labute approximate surface area is 87.5 Å². The zero-order chi connectivity index (χ0) is 9.80. The largest absolute Gasteiger partial charge is 0.396 e. The van der Waals surface area contributed by atoms with Crippen LogP contribution < -0.4 is 5.32 Å². The van der Waals surface area contributed by atoms with Crippen molar-refractivity contribution in [2.75, 3.05) is 6.61 Å². The van der Waals surface area contributed by atoms with Crippen LogP contribution >= 0.6 is 11.5 Å². The zero-order valence-corrected chi connectivity index (χ0v) is 8.83. The summed E-state index contributed by atoms with van der Waals surface area (Å²) in [6.45, 7) is 1.04. The van der Waals surface area contributed by atoms with Crippen molar-refractivity contribution in [2.24, 2.45) is 5.92 Å². The number of rotatable bonds is 6. The van der Waals surface area contributed by atoms with Crippen molar-refractivity contribution in [3.63, 3.8) is 0 Å². The summed E-state index contributed by atoms with van der Waals surface area (Å²) in [5.74, 6) is 0.772. The second kappa shape index (κ2) is 4.82. The van der Waals surface area contributed by atoms with E-state index in [-0.39, 0.29) is 6.61 Å². The first-order valence-corrected chi connectivity index (χ1v) is 5.84. The van der Waals surface area contributed by atoms with Gasteiger partial charge in [0.25, 0.3) is 0 Å². The van der Waals surface area contributed by atoms with E-state index in [9.17, 15) is 0 Å². The Hall–Kier alpha value is -0.520. The first-order valence-electron chi connectivity index (χ1n) is 5.00. The van der Waals surface area contributed by atoms with Crippen molar-refractivity contribution in [2.45, 2.75) is 31.8 Å². The predicted molar refractivity (Wildman–Crippen MR) is 55.0 cm³/mol. The quantitative estimate of drug-likeness (QED) is 0.733. The molecule has 0 aliphatic heterocycles. The summed E-state index contributed by atoms with van der Waals surface area (Å²) in [6, 6.07) is 0.460. The van der Waals surface area contributed by atoms with Crippen LogP contribution in [0, 0.1) is 5.92 Å². The molecule has 4 nitrogen and oxygen atoms in total. The molecule has 1 saturated carbocycles. The fourth-order valence-corrected chi connectivity index (χ4v) is 2.09. The number of aliphatic hydroxyl groups excluding tert-OH is 1. The van der Waals surface area contributed by atoms with Crippen LogP contribution in [0.15, 0.2) is 5.38 Å². The van der Waals surface area contributed by atoms with E-state index in [1.807, 2.05) is 5.38 Å². The number of hydrogen-bond donors (Lipinski definition) is 2. The van der Waals surface area contributed by atoms with E-state index in [0.717, 1.165) is 24.6 Å². The Kier molecular flexibility index (Phi) is 3.44. The van der Waals surface area contributed by atoms with Crippen molar-refractivity contribution in [1.82, 2.24) is 14.9 Å². The van der Waals surface area contributed by atoms with Gasteiger partial charge in [0, 0.05) is 24.6 Å². The number of hydrogen-bond acceptors (Lipinski definition) is 5. The van der Waals surface area contributed by atoms with Gasteiger partial charge in [-0.2, -0.15) is 0 Å². The molecule has 0 spiro atoms. The zero-order valence-electron chi connectivity index (χ0n) is 8.02. The summed E-state index contributed by atoms with van der Waals surface area (Å²) in [7, 11) is 0. The van der Waals surface area contributed by atoms with Crippen LogP contribution in [0.1, 0.15) is 25.0 Å². The van der Waals surface area contributed by atoms with Gasteiger partial charge in [-0.15, -0.1) is 5.10 Å². The molecule has 78 valence electrons. The van der Waals surface area contributed by atoms with Gasteiger partial charge in [0.2, 0.25) is 0 Å². The molecule has 0 bridgehead atoms. The van der Waals surface area contributed by atoms with Gasteiger partial charge in [-0.05, 0) is 36.7 Å². The molecule has 0 radical (unpaired) electrons. The van der Waals surface area contributed by atoms with Crippen molar-refractivity contribution in [3.8, 4) is 0 Å². The molecule has 0 amide bonds. The normalized spacial score (nSPS) is 18.4. The summed E-state index contributed by atoms with van der Waals surface area (Å²) < 4.78 is 3.81. The van der Waals surface area contributed by atoms with Crippen LogP contribution in [0.3, 0.4) is 0 Å². The van der Waals surface area contributed by atoms with Gasteiger partial charge in [-0.3, -0.25) is 0 Å². The monoisotopic (exact) mass is 213 g/mol. The van der Waals surface area contributed by atoms with Crippen LogP contribution in [-0.4, -0.2) is 27.3 Å². The van der Waals surface area contributed by atoms with Gasteiger partial charge in [0.05, 0.1) is 5.69 Å². The minimum absolute atomic E-state index is 0.267. The molecule has 5 heteroatoms. The highest BCUT2D eigenvalue weighted by atomic mass is 32.1. The van der Waals surface area contributed by atoms with Crippen molar-refractivity contribution < 1.29 is 5.11 Å². The maximum atomic E-state index is 8.90. The Morgan fingerprint density at radius 2 is 2.50 bits per heavy atom. The van der Waals surface area contributed by atoms with E-state index in [4.69, 9.17) is 5.11 Å². The minimum atomic E-state index is 0.267. The van der Waals surface area contributed by atoms with E-state index in [0.29, 0.717) is 6.04 Å². The van der Waals surface area contributed by atoms with E-state index in [1.54, 1.807) is 0 Å². The van der Waals surface area contributed by atoms with Gasteiger partial charge in [0.15, 0.2) is 0 Å². The van der Waals surface area contributed by atoms with Crippen LogP contribution in [-0.2, 0) is 6.54 Å². The molecule has 1 heterocycles. The summed E-state index contributed by atoms with van der Waals surface area (Å²) in [5.41, 5.74) is 0.999. The smallest absolute Gasteiger partial charge is 0.0893 e. The highest BCUT2D eigenvalue weighted by Crippen LogP contribution is 2.33. The Morgan fingerprint density at radius 1 is 1.64 bits per heavy atom. The average molecular weight is 213 g/mol. The van der Waals surface area contributed by atoms with E-state index < -0.39 is 0 Å². The van der Waals surface area contributed by atoms with Crippen molar-refractivity contribution in [3.05, 3.63) is 11.1 Å². The summed E-state index contributed by atoms with van der Waals surface area (Å²) >= 11 is 1.38. The maximum absolute atomic E-state index is 8.90. The highest BCUT2D eigenvalue weighted by Gasteiger charge is 2.30. The molecule has 1 aliphatic rings. The Bertz CT molecular complexity index is 261. The first kappa shape index (κ1) is 10.0. The van der Waals surface area contributed by atoms with Crippen LogP contribution in [0.2, 0.25) is 0 Å². The van der Waals surface area contributed by atoms with E-state index >= 15 is 0 Å². The predicted octanol–water partition coefficient (Wildman–Crippen LogP) is 0.789. The molecule has 1 fully saturated rings. The van der Waals surface area contributed by atoms with Crippen LogP contribution in [0.25, 0.3) is 0 Å². The lowest BCUT2D eigenvalue weighted by atomic mass is 10.1. The second-order valence-corrected chi connectivity index (χ2v) is 4.34. The number of aliphatic hydroxyl groups is 1. The topological polar surface area (TPSA) is 58.0 Å². The molecule has 2 N–H and O–H groups in total. The Morgan fingerprint density at radius 3 is 3.07 bits per heavy atom. The van der Waals surface area contributed by atoms with Gasteiger partial charge >= 0.3 is 0 Å². The lowest BCUT2D eigenvalue weighted by molar-refractivity contribution is 0.255. The number of nitrogens with zero attached hydrogens (tertiary/aromatic N) is 2. The first-order chi connectivity index (χ1) is 6.90. The molecule has 0 aromatic carbocycles. The molecule has 0 saturated heterocycles. The molecular weight excluding hydrogens is 198 g/mol. The van der Waals surface area contributed by atoms with Gasteiger partial charge in [-0.25, -0.2) is 0 Å². The third kappa shape index (κ3) is 2.73. The maximum Gasteiger partial charge on any atom is 0.0893 e. The van der Waals surface area contributed by atoms with Crippen LogP contribution in [0.5, 0.6) is 0 Å². The second-order valence-electron chi connectivity index (χ2n) is 3.73. The molecule has 14 heavy (non-hydrogen) atoms. The van der Waals surface area contributed by atoms with Crippen molar-refractivity contribution in [1.29, 1.82) is 0 Å². The van der Waals surface area contributed by atoms with Gasteiger partial charge in [-0.1, -0.05) is 4.49 Å². The molecular formula is C9H15N3OS. The fraction of sp³-hybridized carbons (Fsp3) is 0.778. The fourth-order valence-electron chi connectivity index (χ4n) is 1.64. The molecule has 2 rings (SSSR count). The van der Waals surface area contributed by atoms with Gasteiger partial charge in [0.1, 0.15) is 0 Å². The summed E-state index contributed by atoms with van der Waals surface area (Å²) in [5, 5.41) is 18.3. The van der Waals surface area contributed by atoms with Gasteiger partial charge < -0.3 is 10.4 Å². The van der Waals surface area contributed by atoms with Crippen molar-refractivity contribution >= 4 is 11.5 Å². The van der Waals surface area contributed by atoms with Crippen LogP contribution in [0.4, 0.5) is 0 Å². The molecule has 1 unspecified atom stereocenters. The van der Waals surface area contributed by atoms with E-state index in [2.05, 4.69) is 14.9 Å². The summed E-state index contributed by atoms with van der Waals surface area (Å²) in [6.07, 6.45) is 3.45. The third-order valence-electron chi connectivity index (χ3n) is 2.58. The standard InChI is InChI=1S/C9H15N3OS/c13-4-3-9(7-1-2-7)10-5-8-6-14-12-11-8/h6-7,9-10,13H,1-5H2. The molecule has 1 aromatic rings. The SMILES string of the molecule is OCCC(NCc1csnn1)C1CC1. The highest BCUT2D eigenvalue weighted by molar-refractivity contribution is 7.03. The van der Waals surface area contributed by atoms with E-state index in [1.165, 1.54) is 24.4 Å². The lowest BCUT2D eigenvalue weighted by Crippen LogP contribution is -2.31. The molecule has 1 atom stereocenters. The average Bonchev–Trinajstić information content (AvgIpc) is 2.90. The Balaban J connectivity index is 1.76. The third-order valence-corrected chi connectivity index (χ3v) is 3.14. The lowest BCUT2D eigenvalue weighted by Gasteiger charge is -2.15. The molecule has 1 aliphatic carbocycles. The number of aromatic nitrogens is 2. The summed E-state index contributed by atoms with van der Waals surface area (Å²) in [4.78, 5) is 0. The molecule has 1 aromatic heterocycles. The number of nitrogens with one attached hydrogen (secondary N) is 1. The minimum Gasteiger partial charge on any atom is -0.396 e.